The summed E-state index contributed by atoms with van der Waals surface area (Å²) in [7, 11) is 0. The molecular formula is C20H18O6. The number of benzene rings is 1. The summed E-state index contributed by atoms with van der Waals surface area (Å²) < 4.78 is 29.1. The molecule has 0 bridgehead atoms. The molecule has 1 spiro atoms. The van der Waals surface area contributed by atoms with E-state index in [-0.39, 0.29) is 37.1 Å². The van der Waals surface area contributed by atoms with Crippen molar-refractivity contribution in [3.8, 4) is 17.2 Å². The second-order valence-electron chi connectivity index (χ2n) is 7.64. The van der Waals surface area contributed by atoms with E-state index in [1.807, 2.05) is 12.1 Å². The summed E-state index contributed by atoms with van der Waals surface area (Å²) in [6.07, 6.45) is 3.60. The van der Waals surface area contributed by atoms with Crippen LogP contribution in [0.25, 0.3) is 0 Å². The van der Waals surface area contributed by atoms with E-state index in [0.717, 1.165) is 16.9 Å². The molecule has 1 aromatic rings. The van der Waals surface area contributed by atoms with Crippen molar-refractivity contribution in [1.29, 1.82) is 0 Å². The third kappa shape index (κ3) is 1.59. The van der Waals surface area contributed by atoms with Crippen LogP contribution in [0.5, 0.6) is 17.2 Å². The lowest BCUT2D eigenvalue weighted by molar-refractivity contribution is -0.182. The van der Waals surface area contributed by atoms with Gasteiger partial charge in [0.1, 0.15) is 5.75 Å². The Morgan fingerprint density at radius 3 is 2.69 bits per heavy atom. The van der Waals surface area contributed by atoms with Crippen LogP contribution in [0.2, 0.25) is 0 Å². The van der Waals surface area contributed by atoms with E-state index in [1.165, 1.54) is 6.08 Å². The van der Waals surface area contributed by atoms with Gasteiger partial charge in [0.25, 0.3) is 5.79 Å². The third-order valence-corrected chi connectivity index (χ3v) is 6.45. The molecule has 5 atom stereocenters. The zero-order valence-electron chi connectivity index (χ0n) is 14.5. The zero-order chi connectivity index (χ0) is 17.6. The summed E-state index contributed by atoms with van der Waals surface area (Å²) in [6.45, 7) is 4.66. The Bertz CT molecular complexity index is 915. The van der Waals surface area contributed by atoms with Crippen LogP contribution in [-0.2, 0) is 14.3 Å². The second-order valence-corrected chi connectivity index (χ2v) is 7.64. The van der Waals surface area contributed by atoms with Crippen molar-refractivity contribution in [3.63, 3.8) is 0 Å². The molecule has 0 saturated carbocycles. The largest absolute Gasteiger partial charge is 0.465 e. The average Bonchev–Trinajstić information content (AvgIpc) is 3.23. The van der Waals surface area contributed by atoms with Crippen molar-refractivity contribution < 1.29 is 28.5 Å². The van der Waals surface area contributed by atoms with Crippen LogP contribution in [0.3, 0.4) is 0 Å². The van der Waals surface area contributed by atoms with Crippen LogP contribution in [0.4, 0.5) is 0 Å². The quantitative estimate of drug-likeness (QED) is 0.714. The molecule has 0 aromatic heterocycles. The summed E-state index contributed by atoms with van der Waals surface area (Å²) in [5.74, 6) is 1.90. The first-order valence-electron chi connectivity index (χ1n) is 8.96. The summed E-state index contributed by atoms with van der Waals surface area (Å²) in [5.41, 5.74) is 1.80. The normalized spacial score (nSPS) is 38.3. The predicted octanol–water partition coefficient (Wildman–Crippen LogP) is 2.89. The van der Waals surface area contributed by atoms with Gasteiger partial charge in [-0.1, -0.05) is 19.9 Å². The minimum absolute atomic E-state index is 0.0114. The van der Waals surface area contributed by atoms with Crippen molar-refractivity contribution in [2.45, 2.75) is 25.6 Å². The highest BCUT2D eigenvalue weighted by molar-refractivity contribution is 6.06. The number of hydrogen-bond donors (Lipinski definition) is 0. The maximum absolute atomic E-state index is 12.8. The molecule has 134 valence electrons. The minimum atomic E-state index is -1.07. The molecule has 26 heavy (non-hydrogen) atoms. The maximum atomic E-state index is 12.8. The standard InChI is InChI=1S/C20H18O6/c1-9-3-11-13(21)5-17-20(25-8-24-17)19(11)18(10(9)2)12-4-15-16(23-7-22-15)6-14(12)26-20/h3-6,9-10,18-19H,7-8H2,1-2H3/t9-,10-,18-,19+,20+/m1/s1. The van der Waals surface area contributed by atoms with Crippen LogP contribution in [0.15, 0.2) is 35.6 Å². The van der Waals surface area contributed by atoms with Gasteiger partial charge in [0.15, 0.2) is 29.8 Å². The summed E-state index contributed by atoms with van der Waals surface area (Å²) in [6, 6.07) is 3.87. The number of carbonyl (C=O) groups is 1. The van der Waals surface area contributed by atoms with Crippen LogP contribution < -0.4 is 14.2 Å². The molecule has 1 fully saturated rings. The minimum Gasteiger partial charge on any atom is -0.465 e. The first kappa shape index (κ1) is 14.7. The van der Waals surface area contributed by atoms with Gasteiger partial charge in [-0.25, -0.2) is 0 Å². The van der Waals surface area contributed by atoms with Gasteiger partial charge in [0, 0.05) is 29.2 Å². The highest BCUT2D eigenvalue weighted by Crippen LogP contribution is 2.61. The molecule has 6 nitrogen and oxygen atoms in total. The molecule has 0 radical (unpaired) electrons. The lowest BCUT2D eigenvalue weighted by atomic mass is 9.59. The van der Waals surface area contributed by atoms with E-state index >= 15 is 0 Å². The number of hydrogen-bond acceptors (Lipinski definition) is 6. The molecule has 0 unspecified atom stereocenters. The molecule has 0 N–H and O–H groups in total. The van der Waals surface area contributed by atoms with Crippen molar-refractivity contribution in [3.05, 3.63) is 41.2 Å². The predicted molar refractivity (Wildman–Crippen MR) is 88.7 cm³/mol. The van der Waals surface area contributed by atoms with Crippen LogP contribution in [0.1, 0.15) is 25.3 Å². The fourth-order valence-corrected chi connectivity index (χ4v) is 5.04. The number of allylic oxidation sites excluding steroid dienone is 2. The van der Waals surface area contributed by atoms with Crippen molar-refractivity contribution in [2.24, 2.45) is 17.8 Å². The number of fused-ring (bicyclic) bond motifs is 3. The van der Waals surface area contributed by atoms with E-state index in [4.69, 9.17) is 23.7 Å². The van der Waals surface area contributed by atoms with Crippen LogP contribution >= 0.6 is 0 Å². The fraction of sp³-hybridized carbons (Fsp3) is 0.450. The Labute approximate surface area is 150 Å². The van der Waals surface area contributed by atoms with Gasteiger partial charge in [-0.2, -0.15) is 0 Å². The topological polar surface area (TPSA) is 63.2 Å². The summed E-state index contributed by atoms with van der Waals surface area (Å²) in [5, 5.41) is 0. The monoisotopic (exact) mass is 354 g/mol. The molecule has 6 heteroatoms. The molecular weight excluding hydrogens is 336 g/mol. The number of ketones is 1. The van der Waals surface area contributed by atoms with Crippen molar-refractivity contribution >= 4 is 5.78 Å². The second kappa shape index (κ2) is 4.62. The number of carbonyl (C=O) groups excluding carboxylic acids is 1. The van der Waals surface area contributed by atoms with Gasteiger partial charge < -0.3 is 18.9 Å². The van der Waals surface area contributed by atoms with Gasteiger partial charge in [-0.05, 0) is 17.9 Å². The Balaban J connectivity index is 1.64. The molecule has 5 aliphatic rings. The Morgan fingerprint density at radius 2 is 1.85 bits per heavy atom. The van der Waals surface area contributed by atoms with Crippen molar-refractivity contribution in [2.75, 3.05) is 13.6 Å². The SMILES string of the molecule is C[C@H]1[C@@H]2c3cc4c(cc3O[C@@]35OCOC3=CC(=O)C(=C[C@H]1C)[C@@H]25)OCO4. The van der Waals surface area contributed by atoms with E-state index in [9.17, 15) is 4.79 Å². The van der Waals surface area contributed by atoms with Gasteiger partial charge in [-0.15, -0.1) is 0 Å². The van der Waals surface area contributed by atoms with Gasteiger partial charge >= 0.3 is 0 Å². The van der Waals surface area contributed by atoms with Gasteiger partial charge in [0.05, 0.1) is 5.92 Å². The van der Waals surface area contributed by atoms with E-state index in [2.05, 4.69) is 19.9 Å². The fourth-order valence-electron chi connectivity index (χ4n) is 5.04. The summed E-state index contributed by atoms with van der Waals surface area (Å²) in [4.78, 5) is 12.8. The highest BCUT2D eigenvalue weighted by Gasteiger charge is 2.64. The number of rotatable bonds is 0. The highest BCUT2D eigenvalue weighted by atomic mass is 16.8. The zero-order valence-corrected chi connectivity index (χ0v) is 14.5. The first-order chi connectivity index (χ1) is 12.6. The van der Waals surface area contributed by atoms with E-state index < -0.39 is 5.79 Å². The maximum Gasteiger partial charge on any atom is 0.279 e. The molecule has 6 rings (SSSR count). The van der Waals surface area contributed by atoms with Gasteiger partial charge in [-0.3, -0.25) is 9.53 Å². The molecule has 3 heterocycles. The smallest absolute Gasteiger partial charge is 0.279 e. The molecule has 1 aromatic carbocycles. The average molecular weight is 354 g/mol. The summed E-state index contributed by atoms with van der Waals surface area (Å²) >= 11 is 0. The molecule has 0 amide bonds. The van der Waals surface area contributed by atoms with E-state index in [1.54, 1.807) is 0 Å². The lowest BCUT2D eigenvalue weighted by Crippen LogP contribution is -2.56. The molecule has 3 aliphatic heterocycles. The number of ether oxygens (including phenoxy) is 5. The van der Waals surface area contributed by atoms with E-state index in [0.29, 0.717) is 23.2 Å². The van der Waals surface area contributed by atoms with Gasteiger partial charge in [0.2, 0.25) is 6.79 Å². The van der Waals surface area contributed by atoms with Crippen LogP contribution in [0, 0.1) is 17.8 Å². The molecule has 2 aliphatic carbocycles. The first-order valence-corrected chi connectivity index (χ1v) is 8.96. The van der Waals surface area contributed by atoms with Crippen LogP contribution in [-0.4, -0.2) is 25.2 Å². The molecule has 1 saturated heterocycles. The Morgan fingerprint density at radius 1 is 1.04 bits per heavy atom. The Hall–Kier alpha value is -2.47. The third-order valence-electron chi connectivity index (χ3n) is 6.45. The Kier molecular flexibility index (Phi) is 2.61. The lowest BCUT2D eigenvalue weighted by Gasteiger charge is -2.51. The van der Waals surface area contributed by atoms with Crippen molar-refractivity contribution in [1.82, 2.24) is 0 Å².